The number of primary amides is 1. The molecule has 22 atom stereocenters. The number of aromatic hydroxyl groups is 3. The number of rotatable bonds is 23. The topological polar surface area (TPSA) is 725 Å². The number of aliphatic hydroxyl groups excluding tert-OH is 5. The van der Waals surface area contributed by atoms with E-state index in [1.165, 1.54) is 40.8 Å². The van der Waals surface area contributed by atoms with Gasteiger partial charge in [0.2, 0.25) is 64.8 Å². The molecule has 11 bridgehead atoms. The largest absolute Gasteiger partial charge is 0.508 e. The van der Waals surface area contributed by atoms with E-state index in [1.54, 1.807) is 19.2 Å². The highest BCUT2D eigenvalue weighted by atomic mass is 35.5. The van der Waals surface area contributed by atoms with Crippen LogP contribution >= 0.6 is 38.4 Å². The van der Waals surface area contributed by atoms with Crippen molar-refractivity contribution in [2.45, 2.75) is 225 Å². The fourth-order valence-corrected chi connectivity index (χ4v) is 18.1. The molecule has 128 heavy (non-hydrogen) atoms. The van der Waals surface area contributed by atoms with Gasteiger partial charge in [-0.15, -0.1) is 0 Å². The number of ether oxygens (including phenoxy) is 9. The molecule has 8 aliphatic rings. The van der Waals surface area contributed by atoms with Crippen LogP contribution < -0.4 is 73.9 Å². The molecule has 49 heteroatoms. The van der Waals surface area contributed by atoms with Crippen LogP contribution in [0.4, 0.5) is 0 Å². The third-order valence-electron chi connectivity index (χ3n) is 22.1. The number of esters is 1. The van der Waals surface area contributed by atoms with Gasteiger partial charge in [-0.3, -0.25) is 52.3 Å². The van der Waals surface area contributed by atoms with Crippen molar-refractivity contribution in [1.82, 2.24) is 42.5 Å². The number of carbonyl (C=O) groups is 10. The van der Waals surface area contributed by atoms with Gasteiger partial charge in [0.05, 0.1) is 46.9 Å². The molecule has 0 spiro atoms. The number of carbonyl (C=O) groups excluding carboxylic acids is 9. The van der Waals surface area contributed by atoms with Crippen molar-refractivity contribution < 1.29 is 165 Å². The number of benzene rings is 5. The molecule has 8 heterocycles. The van der Waals surface area contributed by atoms with Crippen molar-refractivity contribution in [2.75, 3.05) is 13.7 Å². The third-order valence-corrected chi connectivity index (χ3v) is 26.0. The highest BCUT2D eigenvalue weighted by molar-refractivity contribution is 7.70. The van der Waals surface area contributed by atoms with Crippen molar-refractivity contribution in [3.05, 3.63) is 117 Å². The number of nitrogens with two attached hydrogens (primary N) is 3. The first-order valence-electron chi connectivity index (χ1n) is 39.8. The molecular weight excluding hydrogens is 1780 g/mol. The summed E-state index contributed by atoms with van der Waals surface area (Å²) in [6, 6.07) is -1.81. The molecule has 8 amide bonds. The zero-order valence-electron chi connectivity index (χ0n) is 69.1. The van der Waals surface area contributed by atoms with Gasteiger partial charge in [0, 0.05) is 59.5 Å². The first-order valence-corrected chi connectivity index (χ1v) is 43.9. The third kappa shape index (κ3) is 22.7. The molecule has 0 unspecified atom stereocenters. The van der Waals surface area contributed by atoms with Crippen LogP contribution in [0.1, 0.15) is 145 Å². The molecule has 5 aromatic rings. The van der Waals surface area contributed by atoms with Gasteiger partial charge in [-0.1, -0.05) is 55.2 Å². The summed E-state index contributed by atoms with van der Waals surface area (Å²) in [5.41, 5.74) is 9.78. The predicted molar refractivity (Wildman–Crippen MR) is 439 cm³/mol. The molecule has 0 radical (unpaired) electrons. The molecule has 27 N–H and O–H groups in total. The molecule has 0 saturated carbocycles. The maximum absolute atomic E-state index is 16.6. The Morgan fingerprint density at radius 1 is 0.648 bits per heavy atom. The molecule has 0 aliphatic carbocycles. The molecule has 3 saturated heterocycles. The van der Waals surface area contributed by atoms with Crippen LogP contribution in [-0.4, -0.2) is 247 Å². The highest BCUT2D eigenvalue weighted by Gasteiger charge is 2.54. The fourth-order valence-electron chi connectivity index (χ4n) is 15.5. The lowest BCUT2D eigenvalue weighted by atomic mass is 9.86. The van der Waals surface area contributed by atoms with Gasteiger partial charge in [-0.2, -0.15) is 0 Å². The number of fused-ring (bicyclic) bond motifs is 15. The molecule has 698 valence electrons. The predicted octanol–water partition coefficient (Wildman–Crippen LogP) is -0.180. The second-order valence-electron chi connectivity index (χ2n) is 32.7. The summed E-state index contributed by atoms with van der Waals surface area (Å²) in [5, 5.41) is 124. The minimum absolute atomic E-state index is 0.148. The van der Waals surface area contributed by atoms with E-state index in [-0.39, 0.29) is 29.9 Å². The molecule has 8 aliphatic heterocycles. The van der Waals surface area contributed by atoms with E-state index in [9.17, 15) is 98.6 Å². The molecule has 5 aromatic carbocycles. The van der Waals surface area contributed by atoms with Gasteiger partial charge in [0.15, 0.2) is 36.2 Å². The summed E-state index contributed by atoms with van der Waals surface area (Å²) < 4.78 is 81.4. The normalized spacial score (nSPS) is 29.6. The quantitative estimate of drug-likeness (QED) is 0.0298. The number of likely N-dealkylation sites (N-methyl/N-ethyl adjacent to an activating group) is 1. The number of phenolic OH excluding ortho intramolecular Hbond substituents is 3. The lowest BCUT2D eigenvalue weighted by Gasteiger charge is -2.47. The zero-order chi connectivity index (χ0) is 94.2. The van der Waals surface area contributed by atoms with E-state index in [2.05, 4.69) is 37.2 Å². The van der Waals surface area contributed by atoms with Crippen LogP contribution in [0, 0.1) is 5.92 Å². The van der Waals surface area contributed by atoms with E-state index in [0.717, 1.165) is 72.8 Å². The van der Waals surface area contributed by atoms with Gasteiger partial charge in [-0.05, 0) is 130 Å². The Kier molecular flexibility index (Phi) is 30.6. The standard InChI is InChI=1S/C79H99Cl2N11O34P2/c1-29(2)17-41(85-7)69(104)91-59-61(99)33-12-15-45(39(80)19-33)121-47-21-35-22-48(65(47)126-76-66(125-54-27-79(6,84)68(103)31(4)120-54)63(101)62(100)49(123-76)28-118-52(98)10-8-9-51(97)87-77(127(112,113)114)128(115,116)117)122-46-16-13-34(20-40(46)81)64(124-53-26-78(5,83)67(102)30(3)119-53)60-74(109)90-58(75(110)111)38-23-36(93)24-44(95)55(38)37-18-32(11-14-43(37)94)56(71(106)92-60)89-72(107)57(35)88-70(105)42(25-50(82)96)86-73(59)108/h11-16,18-24,29-31,41-42,49,53-54,56-64,66-68,76-77,85,93-95,99-103H,8-10,17,25-28,83-84H2,1-7H3,(H2,82,96)(H,86,108)(H,87,97)(H,88,105)(H,89,107)(H,90,109)(H,91,104)(H,92,106)(H,110,111)(H2,112,113,114)(H2,115,116,117)/t30-,31-,41+,42-,49+,53-,54-,56+,57+,58-,59+,60-,61+,62+,63-,64+,66+,67-,68-,76-,78-,79-/m0/s1. The first kappa shape index (κ1) is 98.6. The summed E-state index contributed by atoms with van der Waals surface area (Å²) in [6.07, 6.45) is -27.2. The number of carboxylic acids is 1. The Morgan fingerprint density at radius 3 is 1.77 bits per heavy atom. The maximum Gasteiger partial charge on any atom is 0.360 e. The SMILES string of the molecule is CN[C@H](CC(C)C)C(=O)N[C@H]1C(=O)N[C@@H](CC(N)=O)C(=O)N[C@H]2C(=O)N[C@H]3C(=O)N[C@H](C(=O)N[C@H](C(=O)O)c4cc(O)cc(O)c4-c4cc3ccc4O)[C@H](O[C@H]3C[C@](C)(N)[C@@H](O)[C@H](C)O3)c3ccc(c(Cl)c3)Oc3cc2cc(c3O[C@@H]2O[C@H](COC(=O)CCCC(=O)NC(P(=O)(O)O)P(=O)(O)O)[C@@H](O)[C@H](O)[C@H]2O[C@H]2C[C@](C)(N)[C@@H](O)[C@H](C)O2)Oc2ccc(cc2Cl)[C@H]1O. The summed E-state index contributed by atoms with van der Waals surface area (Å²) in [6.45, 7) is 8.22. The van der Waals surface area contributed by atoms with Gasteiger partial charge in [0.1, 0.15) is 96.1 Å². The number of hydrogen-bond acceptors (Lipinski definition) is 32. The number of aliphatic carboxylic acids is 1. The fraction of sp³-hybridized carbons (Fsp3) is 0.494. The molecular formula is C79H99Cl2N11O34P2. The Hall–Kier alpha value is -10.0. The minimum Gasteiger partial charge on any atom is -0.508 e. The number of carboxylic acid groups (broad SMARTS) is 1. The molecule has 3 fully saturated rings. The average molecular weight is 1880 g/mol. The Morgan fingerprint density at radius 2 is 1.21 bits per heavy atom. The van der Waals surface area contributed by atoms with Gasteiger partial charge in [0.25, 0.3) is 0 Å². The lowest BCUT2D eigenvalue weighted by Crippen LogP contribution is -2.64. The smallest absolute Gasteiger partial charge is 0.360 e. The van der Waals surface area contributed by atoms with E-state index < -0.39 is 336 Å². The second-order valence-corrected chi connectivity index (χ2v) is 37.3. The van der Waals surface area contributed by atoms with Gasteiger partial charge < -0.3 is 168 Å². The van der Waals surface area contributed by atoms with Gasteiger partial charge in [-0.25, -0.2) is 4.79 Å². The van der Waals surface area contributed by atoms with E-state index in [1.807, 2.05) is 0 Å². The van der Waals surface area contributed by atoms with Crippen molar-refractivity contribution >= 4 is 97.6 Å². The number of halogens is 2. The number of nitrogens with one attached hydrogen (secondary N) is 8. The molecule has 45 nitrogen and oxygen atoms in total. The second kappa shape index (κ2) is 39.7. The zero-order valence-corrected chi connectivity index (χ0v) is 72.4. The van der Waals surface area contributed by atoms with Crippen LogP contribution in [0.2, 0.25) is 10.0 Å². The van der Waals surface area contributed by atoms with Gasteiger partial charge >= 0.3 is 27.1 Å². The highest BCUT2D eigenvalue weighted by Crippen LogP contribution is 2.59. The summed E-state index contributed by atoms with van der Waals surface area (Å²) in [5.74, 6) is -19.9. The van der Waals surface area contributed by atoms with E-state index in [0.29, 0.717) is 0 Å². The Balaban J connectivity index is 1.16. The van der Waals surface area contributed by atoms with Crippen molar-refractivity contribution in [2.24, 2.45) is 23.1 Å². The number of phenols is 3. The Bertz CT molecular complexity index is 5180. The number of amides is 8. The summed E-state index contributed by atoms with van der Waals surface area (Å²) in [4.78, 5) is 185. The Labute approximate surface area is 737 Å². The van der Waals surface area contributed by atoms with Crippen LogP contribution in [0.15, 0.2) is 78.9 Å². The summed E-state index contributed by atoms with van der Waals surface area (Å²) in [7, 11) is -9.90. The number of aliphatic hydroxyl groups is 5. The lowest BCUT2D eigenvalue weighted by molar-refractivity contribution is -0.333. The van der Waals surface area contributed by atoms with E-state index >= 15 is 24.0 Å². The first-order chi connectivity index (χ1) is 59.8. The van der Waals surface area contributed by atoms with Crippen LogP contribution in [0.5, 0.6) is 46.0 Å². The summed E-state index contributed by atoms with van der Waals surface area (Å²) >= 11 is 14.6. The maximum atomic E-state index is 16.6. The van der Waals surface area contributed by atoms with Crippen LogP contribution in [0.25, 0.3) is 11.1 Å². The monoisotopic (exact) mass is 1880 g/mol. The van der Waals surface area contributed by atoms with Crippen molar-refractivity contribution in [1.29, 1.82) is 0 Å². The van der Waals surface area contributed by atoms with Crippen LogP contribution in [-0.2, 0) is 85.5 Å². The van der Waals surface area contributed by atoms with Crippen LogP contribution in [0.3, 0.4) is 0 Å². The number of hydrogen-bond donors (Lipinski definition) is 24. The van der Waals surface area contributed by atoms with E-state index in [4.69, 9.17) is 83.0 Å². The van der Waals surface area contributed by atoms with Crippen molar-refractivity contribution in [3.63, 3.8) is 0 Å². The van der Waals surface area contributed by atoms with Crippen molar-refractivity contribution in [3.8, 4) is 57.1 Å². The minimum atomic E-state index is -5.67. The average Bonchev–Trinajstić information content (AvgIpc) is 0.761. The molecule has 0 aromatic heterocycles. The molecule has 13 rings (SSSR count).